The van der Waals surface area contributed by atoms with E-state index in [-0.39, 0.29) is 60.2 Å². The Balaban J connectivity index is 1.60. The van der Waals surface area contributed by atoms with Crippen LogP contribution in [0.1, 0.15) is 19.2 Å². The first-order chi connectivity index (χ1) is 27.2. The van der Waals surface area contributed by atoms with Crippen molar-refractivity contribution in [1.29, 1.82) is 0 Å². The maximum atomic E-state index is 9.44. The van der Waals surface area contributed by atoms with Gasteiger partial charge in [-0.25, -0.2) is 0 Å². The Morgan fingerprint density at radius 3 is 1.74 bits per heavy atom. The Labute approximate surface area is 268 Å². The lowest BCUT2D eigenvalue weighted by Crippen LogP contribution is -1.92. The lowest BCUT2D eigenvalue weighted by atomic mass is 9.83. The van der Waals surface area contributed by atoms with E-state index < -0.39 is 84.6 Å². The van der Waals surface area contributed by atoms with Crippen LogP contribution in [0, 0.1) is 0 Å². The van der Waals surface area contributed by atoms with Crippen molar-refractivity contribution in [1.82, 2.24) is 0 Å². The maximum Gasteiger partial charge on any atom is 0.136 e. The van der Waals surface area contributed by atoms with Gasteiger partial charge in [-0.15, -0.1) is 0 Å². The number of benzene rings is 8. The molecule has 1 aromatic heterocycles. The molecule has 0 radical (unpaired) electrons. The Kier molecular flexibility index (Phi) is 3.07. The van der Waals surface area contributed by atoms with Gasteiger partial charge in [-0.05, 0) is 77.8 Å². The number of furan rings is 1. The third-order valence-electron chi connectivity index (χ3n) is 7.93. The van der Waals surface area contributed by atoms with Gasteiger partial charge in [0.2, 0.25) is 0 Å². The van der Waals surface area contributed by atoms with Gasteiger partial charge in [0.15, 0.2) is 0 Å². The SMILES string of the molecule is [2H]c1cc2c(-c3c([2H])c([2H])c([2H])c4oc5c([2H])c([2H])c([2H])c([2H])c5c34)c3c([2H])c([2H])c([2H])c([2H])c3c(-c3ccc(-c4ccccc4)c4ccccc34)c2c([2H])c1[2H]. The summed E-state index contributed by atoms with van der Waals surface area (Å²) >= 11 is 0. The molecule has 0 aliphatic heterocycles. The molecule has 0 bridgehead atoms. The standard InChI is InChI=1S/C42H26O/c1-2-13-27(14-3-1)28-25-26-35(30-16-5-4-15-29(28)30)40-31-17-6-8-19-33(31)41(34-20-9-7-18-32(34)40)37-22-12-24-39-42(37)36-21-10-11-23-38(36)43-39/h1-26H/i6D,7D,8D,9D,10D,11D,12D,17D,18D,19D,21D,22D,23D,24D. The number of rotatable bonds is 3. The molecule has 0 fully saturated rings. The zero-order valence-corrected chi connectivity index (χ0v) is 22.3. The molecule has 8 aromatic carbocycles. The van der Waals surface area contributed by atoms with E-state index in [1.54, 1.807) is 6.07 Å². The predicted octanol–water partition coefficient (Wildman–Crippen LogP) is 12.0. The van der Waals surface area contributed by atoms with Gasteiger partial charge in [0, 0.05) is 10.8 Å². The third kappa shape index (κ3) is 3.58. The topological polar surface area (TPSA) is 13.1 Å². The fraction of sp³-hybridized carbons (Fsp3) is 0. The van der Waals surface area contributed by atoms with E-state index >= 15 is 0 Å². The lowest BCUT2D eigenvalue weighted by molar-refractivity contribution is 0.669. The summed E-state index contributed by atoms with van der Waals surface area (Å²) in [6.45, 7) is 0. The molecule has 0 aliphatic rings. The van der Waals surface area contributed by atoms with Crippen LogP contribution in [0.15, 0.2) is 162 Å². The molecule has 0 N–H and O–H groups in total. The van der Waals surface area contributed by atoms with E-state index in [1.165, 1.54) is 6.07 Å². The van der Waals surface area contributed by atoms with Crippen LogP contribution in [0.2, 0.25) is 0 Å². The van der Waals surface area contributed by atoms with Crippen molar-refractivity contribution in [2.75, 3.05) is 0 Å². The summed E-state index contributed by atoms with van der Waals surface area (Å²) in [7, 11) is 0. The van der Waals surface area contributed by atoms with Crippen molar-refractivity contribution in [3.05, 3.63) is 157 Å². The van der Waals surface area contributed by atoms with Gasteiger partial charge >= 0.3 is 0 Å². The van der Waals surface area contributed by atoms with Crippen LogP contribution in [-0.4, -0.2) is 0 Å². The van der Waals surface area contributed by atoms with Crippen LogP contribution in [0.25, 0.3) is 87.6 Å². The van der Waals surface area contributed by atoms with Crippen molar-refractivity contribution in [3.63, 3.8) is 0 Å². The van der Waals surface area contributed by atoms with E-state index in [9.17, 15) is 5.48 Å². The van der Waals surface area contributed by atoms with Gasteiger partial charge in [0.05, 0.1) is 19.2 Å². The van der Waals surface area contributed by atoms with E-state index in [0.717, 1.165) is 16.5 Å². The molecular formula is C42H26O. The average Bonchev–Trinajstić information content (AvgIpc) is 3.62. The van der Waals surface area contributed by atoms with Crippen LogP contribution < -0.4 is 0 Å². The van der Waals surface area contributed by atoms with Crippen molar-refractivity contribution in [2.24, 2.45) is 0 Å². The second-order valence-electron chi connectivity index (χ2n) is 10.2. The molecule has 0 aliphatic carbocycles. The van der Waals surface area contributed by atoms with Gasteiger partial charge < -0.3 is 4.42 Å². The molecule has 0 unspecified atom stereocenters. The number of hydrogen-bond acceptors (Lipinski definition) is 1. The third-order valence-corrected chi connectivity index (χ3v) is 7.93. The van der Waals surface area contributed by atoms with Crippen molar-refractivity contribution in [3.8, 4) is 33.4 Å². The monoisotopic (exact) mass is 560 g/mol. The summed E-state index contributed by atoms with van der Waals surface area (Å²) in [5.74, 6) is 0. The first-order valence-electron chi connectivity index (χ1n) is 20.6. The highest BCUT2D eigenvalue weighted by Gasteiger charge is 2.21. The molecule has 9 aromatic rings. The summed E-state index contributed by atoms with van der Waals surface area (Å²) in [6.07, 6.45) is 0. The smallest absolute Gasteiger partial charge is 0.136 e. The zero-order chi connectivity index (χ0) is 40.5. The summed E-state index contributed by atoms with van der Waals surface area (Å²) < 4.78 is 131. The molecule has 0 saturated heterocycles. The second-order valence-corrected chi connectivity index (χ2v) is 10.2. The predicted molar refractivity (Wildman–Crippen MR) is 183 cm³/mol. The molecule has 200 valence electrons. The largest absolute Gasteiger partial charge is 0.456 e. The van der Waals surface area contributed by atoms with E-state index in [1.807, 2.05) is 60.7 Å². The Hall–Kier alpha value is -5.66. The summed E-state index contributed by atoms with van der Waals surface area (Å²) in [6, 6.07) is 14.2. The average molecular weight is 561 g/mol. The van der Waals surface area contributed by atoms with E-state index in [0.29, 0.717) is 10.9 Å². The summed E-state index contributed by atoms with van der Waals surface area (Å²) in [5.41, 5.74) is 1.35. The molecule has 0 atom stereocenters. The molecule has 1 heteroatoms. The Morgan fingerprint density at radius 2 is 0.953 bits per heavy atom. The van der Waals surface area contributed by atoms with Crippen molar-refractivity contribution < 1.29 is 23.6 Å². The molecule has 0 saturated carbocycles. The fourth-order valence-corrected chi connectivity index (χ4v) is 6.15. The van der Waals surface area contributed by atoms with Crippen LogP contribution in [0.5, 0.6) is 0 Å². The molecule has 0 amide bonds. The fourth-order valence-electron chi connectivity index (χ4n) is 6.15. The van der Waals surface area contributed by atoms with Crippen LogP contribution in [0.3, 0.4) is 0 Å². The van der Waals surface area contributed by atoms with Crippen LogP contribution in [-0.2, 0) is 0 Å². The minimum absolute atomic E-state index is 0.0184. The Morgan fingerprint density at radius 1 is 0.372 bits per heavy atom. The van der Waals surface area contributed by atoms with Gasteiger partial charge in [0.25, 0.3) is 0 Å². The normalized spacial score (nSPS) is 16.3. The number of para-hydroxylation sites is 1. The number of hydrogen-bond donors (Lipinski definition) is 0. The van der Waals surface area contributed by atoms with E-state index in [4.69, 9.17) is 18.1 Å². The van der Waals surface area contributed by atoms with Crippen LogP contribution in [0.4, 0.5) is 0 Å². The van der Waals surface area contributed by atoms with Gasteiger partial charge in [-0.1, -0.05) is 145 Å². The molecule has 9 rings (SSSR count). The van der Waals surface area contributed by atoms with Gasteiger partial charge in [-0.3, -0.25) is 0 Å². The highest BCUT2D eigenvalue weighted by atomic mass is 16.3. The minimum Gasteiger partial charge on any atom is -0.456 e. The second kappa shape index (κ2) is 9.44. The van der Waals surface area contributed by atoms with Gasteiger partial charge in [0.1, 0.15) is 11.2 Å². The molecular weight excluding hydrogens is 520 g/mol. The minimum atomic E-state index is -0.658. The molecule has 43 heavy (non-hydrogen) atoms. The summed E-state index contributed by atoms with van der Waals surface area (Å²) in [5, 5.41) is 0.883. The quantitative estimate of drug-likeness (QED) is 0.196. The lowest BCUT2D eigenvalue weighted by Gasteiger charge is -2.20. The maximum absolute atomic E-state index is 9.44. The molecule has 1 heterocycles. The van der Waals surface area contributed by atoms with E-state index in [2.05, 4.69) is 0 Å². The summed E-state index contributed by atoms with van der Waals surface area (Å²) in [4.78, 5) is 0. The zero-order valence-electron chi connectivity index (χ0n) is 36.3. The number of fused-ring (bicyclic) bond motifs is 6. The highest BCUT2D eigenvalue weighted by molar-refractivity contribution is 6.27. The van der Waals surface area contributed by atoms with Crippen molar-refractivity contribution in [2.45, 2.75) is 0 Å². The van der Waals surface area contributed by atoms with Crippen LogP contribution >= 0.6 is 0 Å². The molecule has 1 nitrogen and oxygen atoms in total. The van der Waals surface area contributed by atoms with Gasteiger partial charge in [-0.2, -0.15) is 0 Å². The first-order valence-corrected chi connectivity index (χ1v) is 13.6. The Bertz CT molecular complexity index is 3280. The first kappa shape index (κ1) is 14.0. The molecule has 0 spiro atoms. The van der Waals surface area contributed by atoms with Crippen molar-refractivity contribution >= 4 is 54.3 Å². The highest BCUT2D eigenvalue weighted by Crippen LogP contribution is 2.48.